The number of nitrogens with zero attached hydrogens (tertiary/aromatic N) is 3. The van der Waals surface area contributed by atoms with Gasteiger partial charge in [0.1, 0.15) is 0 Å². The van der Waals surface area contributed by atoms with Gasteiger partial charge >= 0.3 is 0 Å². The minimum atomic E-state index is -0.0216. The Hall–Kier alpha value is -1.91. The zero-order valence-electron chi connectivity index (χ0n) is 15.5. The summed E-state index contributed by atoms with van der Waals surface area (Å²) in [4.78, 5) is 34.4. The first kappa shape index (κ1) is 17.5. The Kier molecular flexibility index (Phi) is 4.96. The van der Waals surface area contributed by atoms with Crippen molar-refractivity contribution in [3.8, 4) is 0 Å². The number of amides is 2. The number of hydrogen-bond acceptors (Lipinski definition) is 3. The zero-order valence-corrected chi connectivity index (χ0v) is 15.5. The van der Waals surface area contributed by atoms with Crippen LogP contribution in [0.3, 0.4) is 0 Å². The van der Waals surface area contributed by atoms with E-state index < -0.39 is 0 Å². The lowest BCUT2D eigenvalue weighted by atomic mass is 9.67. The second kappa shape index (κ2) is 7.37. The number of piperidine rings is 1. The minimum absolute atomic E-state index is 0.00449. The highest BCUT2D eigenvalue weighted by Gasteiger charge is 2.52. The van der Waals surface area contributed by atoms with Gasteiger partial charge in [-0.05, 0) is 44.2 Å². The Labute approximate surface area is 155 Å². The molecule has 0 aromatic carbocycles. The van der Waals surface area contributed by atoms with E-state index in [4.69, 9.17) is 0 Å². The summed E-state index contributed by atoms with van der Waals surface area (Å²) in [7, 11) is 0. The first-order chi connectivity index (χ1) is 12.7. The number of hydrogen-bond donors (Lipinski definition) is 0. The molecule has 1 unspecified atom stereocenters. The molecule has 1 aromatic heterocycles. The molecule has 26 heavy (non-hydrogen) atoms. The smallest absolute Gasteiger partial charge is 0.254 e. The fraction of sp³-hybridized carbons (Fsp3) is 0.667. The molecule has 3 fully saturated rings. The quantitative estimate of drug-likeness (QED) is 0.819. The molecule has 4 rings (SSSR count). The molecule has 0 radical (unpaired) electrons. The van der Waals surface area contributed by atoms with Crippen molar-refractivity contribution in [3.05, 3.63) is 30.1 Å². The van der Waals surface area contributed by atoms with Crippen molar-refractivity contribution in [1.29, 1.82) is 0 Å². The van der Waals surface area contributed by atoms with E-state index >= 15 is 0 Å². The third kappa shape index (κ3) is 3.24. The summed E-state index contributed by atoms with van der Waals surface area (Å²) >= 11 is 0. The summed E-state index contributed by atoms with van der Waals surface area (Å²) < 4.78 is 0. The molecule has 3 aliphatic rings. The van der Waals surface area contributed by atoms with Crippen LogP contribution in [0.4, 0.5) is 0 Å². The van der Waals surface area contributed by atoms with Crippen molar-refractivity contribution >= 4 is 11.8 Å². The van der Waals surface area contributed by atoms with Gasteiger partial charge < -0.3 is 9.80 Å². The van der Waals surface area contributed by atoms with Crippen LogP contribution in [0.25, 0.3) is 0 Å². The zero-order chi connectivity index (χ0) is 18.0. The Bertz CT molecular complexity index is 648. The molecule has 140 valence electrons. The average Bonchev–Trinajstić information content (AvgIpc) is 3.07. The topological polar surface area (TPSA) is 53.5 Å². The number of rotatable bonds is 2. The van der Waals surface area contributed by atoms with Gasteiger partial charge in [0.15, 0.2) is 0 Å². The second-order valence-electron chi connectivity index (χ2n) is 8.28. The maximum Gasteiger partial charge on any atom is 0.254 e. The van der Waals surface area contributed by atoms with Crippen molar-refractivity contribution in [1.82, 2.24) is 14.8 Å². The van der Waals surface area contributed by atoms with Gasteiger partial charge in [-0.2, -0.15) is 0 Å². The molecule has 1 atom stereocenters. The van der Waals surface area contributed by atoms with E-state index in [1.54, 1.807) is 24.5 Å². The highest BCUT2D eigenvalue weighted by atomic mass is 16.2. The Morgan fingerprint density at radius 1 is 0.923 bits per heavy atom. The molecule has 1 aromatic rings. The van der Waals surface area contributed by atoms with Crippen LogP contribution >= 0.6 is 0 Å². The van der Waals surface area contributed by atoms with Crippen LogP contribution < -0.4 is 0 Å². The van der Waals surface area contributed by atoms with Crippen LogP contribution in [0.1, 0.15) is 61.7 Å². The van der Waals surface area contributed by atoms with E-state index in [9.17, 15) is 9.59 Å². The molecule has 5 nitrogen and oxygen atoms in total. The highest BCUT2D eigenvalue weighted by Crippen LogP contribution is 2.48. The van der Waals surface area contributed by atoms with Crippen molar-refractivity contribution < 1.29 is 9.59 Å². The molecular formula is C21H29N3O2. The van der Waals surface area contributed by atoms with Crippen LogP contribution in [0.2, 0.25) is 0 Å². The van der Waals surface area contributed by atoms with Crippen molar-refractivity contribution in [2.24, 2.45) is 11.3 Å². The maximum absolute atomic E-state index is 13.4. The monoisotopic (exact) mass is 355 g/mol. The van der Waals surface area contributed by atoms with Gasteiger partial charge in [-0.25, -0.2) is 0 Å². The molecule has 1 saturated carbocycles. The van der Waals surface area contributed by atoms with Crippen molar-refractivity contribution in [3.63, 3.8) is 0 Å². The van der Waals surface area contributed by atoms with Crippen LogP contribution in [0, 0.1) is 11.3 Å². The lowest BCUT2D eigenvalue weighted by molar-refractivity contribution is -0.140. The standard InChI is InChI=1S/C21H29N3O2/c25-19(17-7-11-22-12-8-17)24-15-18(20(26)23-13-5-2-6-14-23)21(16-24)9-3-1-4-10-21/h7-8,11-12,18H,1-6,9-10,13-16H2. The normalized spacial score (nSPS) is 25.5. The van der Waals surface area contributed by atoms with E-state index in [1.807, 2.05) is 4.90 Å². The van der Waals surface area contributed by atoms with Gasteiger partial charge in [0.2, 0.25) is 5.91 Å². The maximum atomic E-state index is 13.4. The van der Waals surface area contributed by atoms with Gasteiger partial charge in [0.25, 0.3) is 5.91 Å². The molecule has 1 spiro atoms. The average molecular weight is 355 g/mol. The first-order valence-corrected chi connectivity index (χ1v) is 10.2. The van der Waals surface area contributed by atoms with Crippen LogP contribution in [-0.2, 0) is 4.79 Å². The Morgan fingerprint density at radius 2 is 1.58 bits per heavy atom. The van der Waals surface area contributed by atoms with Crippen LogP contribution in [0.15, 0.2) is 24.5 Å². The predicted octanol–water partition coefficient (Wildman–Crippen LogP) is 3.12. The molecule has 2 saturated heterocycles. The number of carbonyl (C=O) groups is 2. The van der Waals surface area contributed by atoms with E-state index in [0.29, 0.717) is 18.0 Å². The third-order valence-corrected chi connectivity index (χ3v) is 6.68. The van der Waals surface area contributed by atoms with Crippen LogP contribution in [0.5, 0.6) is 0 Å². The number of pyridine rings is 1. The fourth-order valence-electron chi connectivity index (χ4n) is 5.24. The predicted molar refractivity (Wildman–Crippen MR) is 99.6 cm³/mol. The summed E-state index contributed by atoms with van der Waals surface area (Å²) in [5.74, 6) is 0.328. The van der Waals surface area contributed by atoms with E-state index in [1.165, 1.54) is 25.7 Å². The molecule has 2 amide bonds. The molecule has 3 heterocycles. The number of aromatic nitrogens is 1. The molecule has 0 N–H and O–H groups in total. The van der Waals surface area contributed by atoms with Gasteiger partial charge in [0.05, 0.1) is 5.92 Å². The van der Waals surface area contributed by atoms with E-state index in [0.717, 1.165) is 45.3 Å². The lowest BCUT2D eigenvalue weighted by Gasteiger charge is -2.40. The van der Waals surface area contributed by atoms with Gasteiger partial charge in [-0.1, -0.05) is 19.3 Å². The lowest BCUT2D eigenvalue weighted by Crippen LogP contribution is -2.46. The third-order valence-electron chi connectivity index (χ3n) is 6.68. The summed E-state index contributed by atoms with van der Waals surface area (Å²) in [6.07, 6.45) is 12.6. The Morgan fingerprint density at radius 3 is 2.27 bits per heavy atom. The first-order valence-electron chi connectivity index (χ1n) is 10.2. The molecule has 2 aliphatic heterocycles. The summed E-state index contributed by atoms with van der Waals surface area (Å²) in [5.41, 5.74) is 0.673. The summed E-state index contributed by atoms with van der Waals surface area (Å²) in [5, 5.41) is 0. The van der Waals surface area contributed by atoms with Crippen molar-refractivity contribution in [2.75, 3.05) is 26.2 Å². The van der Waals surface area contributed by atoms with Crippen LogP contribution in [-0.4, -0.2) is 52.8 Å². The Balaban J connectivity index is 1.57. The second-order valence-corrected chi connectivity index (χ2v) is 8.28. The molecule has 5 heteroatoms. The largest absolute Gasteiger partial charge is 0.342 e. The summed E-state index contributed by atoms with van der Waals surface area (Å²) in [6, 6.07) is 3.55. The number of carbonyl (C=O) groups excluding carboxylic acids is 2. The fourth-order valence-corrected chi connectivity index (χ4v) is 5.24. The molecule has 0 bridgehead atoms. The number of likely N-dealkylation sites (tertiary alicyclic amines) is 2. The summed E-state index contributed by atoms with van der Waals surface area (Å²) in [6.45, 7) is 3.10. The SMILES string of the molecule is O=C(c1ccncc1)N1CC(C(=O)N2CCCCC2)C2(CCCCC2)C1. The molecular weight excluding hydrogens is 326 g/mol. The van der Waals surface area contributed by atoms with E-state index in [2.05, 4.69) is 9.88 Å². The van der Waals surface area contributed by atoms with Gasteiger partial charge in [-0.15, -0.1) is 0 Å². The van der Waals surface area contributed by atoms with Gasteiger partial charge in [-0.3, -0.25) is 14.6 Å². The highest BCUT2D eigenvalue weighted by molar-refractivity contribution is 5.95. The van der Waals surface area contributed by atoms with E-state index in [-0.39, 0.29) is 17.2 Å². The van der Waals surface area contributed by atoms with Crippen molar-refractivity contribution in [2.45, 2.75) is 51.4 Å². The molecule has 1 aliphatic carbocycles. The minimum Gasteiger partial charge on any atom is -0.342 e. The van der Waals surface area contributed by atoms with Gasteiger partial charge in [0, 0.05) is 49.6 Å².